The number of rotatable bonds is 4. The van der Waals surface area contributed by atoms with E-state index in [2.05, 4.69) is 4.98 Å². The van der Waals surface area contributed by atoms with E-state index < -0.39 is 15.1 Å². The molecule has 0 bridgehead atoms. The highest BCUT2D eigenvalue weighted by molar-refractivity contribution is 7.91. The van der Waals surface area contributed by atoms with Crippen molar-refractivity contribution >= 4 is 15.7 Å². The van der Waals surface area contributed by atoms with E-state index >= 15 is 0 Å². The molecule has 0 spiro atoms. The molecule has 150 valence electrons. The summed E-state index contributed by atoms with van der Waals surface area (Å²) in [6.45, 7) is 1.34. The molecule has 2 aromatic carbocycles. The summed E-state index contributed by atoms with van der Waals surface area (Å²) >= 11 is 0. The Hall–Kier alpha value is -2.93. The van der Waals surface area contributed by atoms with Crippen LogP contribution in [-0.4, -0.2) is 47.6 Å². The molecule has 2 heterocycles. The molecule has 1 amide bonds. The molecule has 1 aliphatic heterocycles. The molecular formula is C22H23N3O3S. The van der Waals surface area contributed by atoms with Gasteiger partial charge >= 0.3 is 0 Å². The molecule has 0 N–H and O–H groups in total. The lowest BCUT2D eigenvalue weighted by Crippen LogP contribution is -2.33. The molecule has 29 heavy (non-hydrogen) atoms. The zero-order valence-electron chi connectivity index (χ0n) is 16.0. The molecule has 3 aromatic rings. The Kier molecular flexibility index (Phi) is 5.49. The Bertz CT molecular complexity index is 1060. The number of hydrogen-bond acceptors (Lipinski definition) is 4. The Balaban J connectivity index is 1.46. The number of imidazole rings is 1. The fraction of sp³-hybridized carbons (Fsp3) is 0.273. The van der Waals surface area contributed by atoms with Crippen LogP contribution in [0.3, 0.4) is 0 Å². The third-order valence-electron chi connectivity index (χ3n) is 5.32. The highest BCUT2D eigenvalue weighted by atomic mass is 32.2. The highest BCUT2D eigenvalue weighted by Crippen LogP contribution is 2.29. The standard InChI is InChI=1S/C22H23N3O3S/c26-22(20-8-6-18(7-9-20)16-24-13-11-23-17-24)25-12-10-21(29(27,28)15-14-25)19-4-2-1-3-5-19/h1-9,11,13,17,21H,10,12,14-16H2. The zero-order chi connectivity index (χ0) is 20.3. The zero-order valence-corrected chi connectivity index (χ0v) is 16.8. The van der Waals surface area contributed by atoms with Gasteiger partial charge in [-0.2, -0.15) is 0 Å². The van der Waals surface area contributed by atoms with E-state index in [4.69, 9.17) is 0 Å². The van der Waals surface area contributed by atoms with Gasteiger partial charge in [0, 0.05) is 37.6 Å². The lowest BCUT2D eigenvalue weighted by Gasteiger charge is -2.20. The first-order chi connectivity index (χ1) is 14.0. The second kappa shape index (κ2) is 8.21. The fourth-order valence-electron chi connectivity index (χ4n) is 3.72. The molecule has 1 fully saturated rings. The van der Waals surface area contributed by atoms with Crippen molar-refractivity contribution in [3.8, 4) is 0 Å². The Morgan fingerprint density at radius 2 is 1.79 bits per heavy atom. The van der Waals surface area contributed by atoms with E-state index in [0.717, 1.165) is 11.1 Å². The summed E-state index contributed by atoms with van der Waals surface area (Å²) < 4.78 is 27.5. The fourth-order valence-corrected chi connectivity index (χ4v) is 5.51. The third kappa shape index (κ3) is 4.40. The van der Waals surface area contributed by atoms with E-state index in [0.29, 0.717) is 25.1 Å². The maximum atomic E-state index is 13.0. The van der Waals surface area contributed by atoms with Crippen LogP contribution < -0.4 is 0 Å². The van der Waals surface area contributed by atoms with Gasteiger partial charge in [-0.1, -0.05) is 42.5 Å². The average molecular weight is 410 g/mol. The summed E-state index contributed by atoms with van der Waals surface area (Å²) in [5, 5.41) is -0.556. The number of hydrogen-bond donors (Lipinski definition) is 0. The molecule has 0 saturated carbocycles. The summed E-state index contributed by atoms with van der Waals surface area (Å²) in [6.07, 6.45) is 5.78. The second-order valence-electron chi connectivity index (χ2n) is 7.28. The van der Waals surface area contributed by atoms with E-state index in [1.807, 2.05) is 65.4 Å². The predicted molar refractivity (Wildman–Crippen MR) is 111 cm³/mol. The lowest BCUT2D eigenvalue weighted by molar-refractivity contribution is 0.0766. The Labute approximate surface area is 170 Å². The van der Waals surface area contributed by atoms with Crippen LogP contribution in [0.15, 0.2) is 73.3 Å². The lowest BCUT2D eigenvalue weighted by atomic mass is 10.1. The minimum absolute atomic E-state index is 0.0169. The molecule has 6 nitrogen and oxygen atoms in total. The number of amides is 1. The van der Waals surface area contributed by atoms with Crippen molar-refractivity contribution in [3.05, 3.63) is 90.0 Å². The number of carbonyl (C=O) groups is 1. The van der Waals surface area contributed by atoms with Crippen LogP contribution in [-0.2, 0) is 16.4 Å². The van der Waals surface area contributed by atoms with Crippen LogP contribution in [0.2, 0.25) is 0 Å². The van der Waals surface area contributed by atoms with Crippen LogP contribution in [0.4, 0.5) is 0 Å². The first-order valence-electron chi connectivity index (χ1n) is 9.63. The summed E-state index contributed by atoms with van der Waals surface area (Å²) in [5.41, 5.74) is 2.45. The van der Waals surface area contributed by atoms with Gasteiger partial charge in [-0.25, -0.2) is 13.4 Å². The molecule has 1 unspecified atom stereocenters. The van der Waals surface area contributed by atoms with Crippen molar-refractivity contribution < 1.29 is 13.2 Å². The number of carbonyl (C=O) groups excluding carboxylic acids is 1. The second-order valence-corrected chi connectivity index (χ2v) is 9.58. The van der Waals surface area contributed by atoms with E-state index in [9.17, 15) is 13.2 Å². The van der Waals surface area contributed by atoms with Gasteiger partial charge in [0.15, 0.2) is 9.84 Å². The predicted octanol–water partition coefficient (Wildman–Crippen LogP) is 2.93. The molecule has 1 atom stereocenters. The number of sulfone groups is 1. The van der Waals surface area contributed by atoms with Crippen molar-refractivity contribution in [3.63, 3.8) is 0 Å². The Morgan fingerprint density at radius 1 is 1.03 bits per heavy atom. The van der Waals surface area contributed by atoms with Gasteiger partial charge < -0.3 is 9.47 Å². The molecule has 1 aromatic heterocycles. The highest BCUT2D eigenvalue weighted by Gasteiger charge is 2.32. The maximum absolute atomic E-state index is 13.0. The van der Waals surface area contributed by atoms with Gasteiger partial charge in [-0.05, 0) is 29.7 Å². The monoisotopic (exact) mass is 409 g/mol. The molecule has 0 aliphatic carbocycles. The van der Waals surface area contributed by atoms with Crippen LogP contribution in [0.5, 0.6) is 0 Å². The third-order valence-corrected chi connectivity index (χ3v) is 7.45. The van der Waals surface area contributed by atoms with E-state index in [-0.39, 0.29) is 18.2 Å². The molecule has 1 aliphatic rings. The van der Waals surface area contributed by atoms with E-state index in [1.54, 1.807) is 17.4 Å². The van der Waals surface area contributed by atoms with Crippen molar-refractivity contribution in [2.45, 2.75) is 18.2 Å². The van der Waals surface area contributed by atoms with Crippen molar-refractivity contribution in [1.82, 2.24) is 14.5 Å². The SMILES string of the molecule is O=C(c1ccc(Cn2ccnc2)cc1)N1CCC(c2ccccc2)S(=O)(=O)CC1. The maximum Gasteiger partial charge on any atom is 0.253 e. The summed E-state index contributed by atoms with van der Waals surface area (Å²) in [6, 6.07) is 16.7. The largest absolute Gasteiger partial charge is 0.338 e. The van der Waals surface area contributed by atoms with Gasteiger partial charge in [-0.3, -0.25) is 4.79 Å². The minimum atomic E-state index is -3.30. The van der Waals surface area contributed by atoms with Crippen LogP contribution in [0, 0.1) is 0 Å². The average Bonchev–Trinajstić information content (AvgIpc) is 3.18. The van der Waals surface area contributed by atoms with Crippen LogP contribution >= 0.6 is 0 Å². The molecular weight excluding hydrogens is 386 g/mol. The summed E-state index contributed by atoms with van der Waals surface area (Å²) in [4.78, 5) is 18.6. The molecule has 4 rings (SSSR count). The number of benzene rings is 2. The van der Waals surface area contributed by atoms with Crippen LogP contribution in [0.25, 0.3) is 0 Å². The van der Waals surface area contributed by atoms with Gasteiger partial charge in [0.25, 0.3) is 5.91 Å². The first-order valence-corrected chi connectivity index (χ1v) is 11.3. The van der Waals surface area contributed by atoms with Crippen LogP contribution in [0.1, 0.15) is 33.2 Å². The Morgan fingerprint density at radius 3 is 2.48 bits per heavy atom. The van der Waals surface area contributed by atoms with Gasteiger partial charge in [0.1, 0.15) is 0 Å². The van der Waals surface area contributed by atoms with E-state index in [1.165, 1.54) is 0 Å². The smallest absolute Gasteiger partial charge is 0.253 e. The number of nitrogens with zero attached hydrogens (tertiary/aromatic N) is 3. The molecule has 0 radical (unpaired) electrons. The van der Waals surface area contributed by atoms with Gasteiger partial charge in [0.05, 0.1) is 17.3 Å². The molecule has 7 heteroatoms. The van der Waals surface area contributed by atoms with Crippen molar-refractivity contribution in [2.75, 3.05) is 18.8 Å². The summed E-state index contributed by atoms with van der Waals surface area (Å²) in [5.74, 6) is -0.139. The first kappa shape index (κ1) is 19.4. The van der Waals surface area contributed by atoms with Gasteiger partial charge in [0.2, 0.25) is 0 Å². The topological polar surface area (TPSA) is 72.3 Å². The van der Waals surface area contributed by atoms with Crippen molar-refractivity contribution in [1.29, 1.82) is 0 Å². The minimum Gasteiger partial charge on any atom is -0.338 e. The van der Waals surface area contributed by atoms with Crippen molar-refractivity contribution in [2.24, 2.45) is 0 Å². The van der Waals surface area contributed by atoms with Gasteiger partial charge in [-0.15, -0.1) is 0 Å². The quantitative estimate of drug-likeness (QED) is 0.664. The number of aromatic nitrogens is 2. The summed E-state index contributed by atoms with van der Waals surface area (Å²) in [7, 11) is -3.30. The molecule has 1 saturated heterocycles. The normalized spacial score (nSPS) is 18.9.